The predicted octanol–water partition coefficient (Wildman–Crippen LogP) is 2.85. The van der Waals surface area contributed by atoms with E-state index in [0.29, 0.717) is 22.4 Å². The van der Waals surface area contributed by atoms with Crippen molar-refractivity contribution in [2.45, 2.75) is 4.90 Å². The Morgan fingerprint density at radius 1 is 1.04 bits per heavy atom. The van der Waals surface area contributed by atoms with E-state index in [9.17, 15) is 18.3 Å². The van der Waals surface area contributed by atoms with E-state index in [1.807, 2.05) is 0 Å². The zero-order valence-electron chi connectivity index (χ0n) is 12.7. The molecular weight excluding hydrogens is 328 g/mol. The maximum absolute atomic E-state index is 12.3. The van der Waals surface area contributed by atoms with Crippen molar-refractivity contribution in [3.05, 3.63) is 60.3 Å². The number of hydrogen-bond donors (Lipinski definition) is 2. The molecule has 122 valence electrons. The summed E-state index contributed by atoms with van der Waals surface area (Å²) in [7, 11) is -3.56. The van der Waals surface area contributed by atoms with Gasteiger partial charge in [-0.1, -0.05) is 30.3 Å². The molecule has 2 aromatic carbocycles. The SMILES string of the molecule is CS(=O)(=O)c1ccc(C(=O)O)c(-c2ccn[nH]2)c1-c1ccccc1. The summed E-state index contributed by atoms with van der Waals surface area (Å²) in [6.45, 7) is 0. The highest BCUT2D eigenvalue weighted by molar-refractivity contribution is 7.90. The van der Waals surface area contributed by atoms with Crippen LogP contribution in [0.2, 0.25) is 0 Å². The third-order valence-electron chi connectivity index (χ3n) is 3.63. The van der Waals surface area contributed by atoms with Crippen molar-refractivity contribution in [2.75, 3.05) is 6.26 Å². The fourth-order valence-corrected chi connectivity index (χ4v) is 3.54. The number of nitrogens with zero attached hydrogens (tertiary/aromatic N) is 1. The zero-order valence-corrected chi connectivity index (χ0v) is 13.5. The monoisotopic (exact) mass is 342 g/mol. The van der Waals surface area contributed by atoms with Crippen molar-refractivity contribution in [2.24, 2.45) is 0 Å². The Bertz CT molecular complexity index is 995. The number of sulfone groups is 1. The largest absolute Gasteiger partial charge is 0.478 e. The van der Waals surface area contributed by atoms with Crippen LogP contribution in [0.1, 0.15) is 10.4 Å². The van der Waals surface area contributed by atoms with Crippen molar-refractivity contribution < 1.29 is 18.3 Å². The van der Waals surface area contributed by atoms with Crippen LogP contribution in [0.15, 0.2) is 59.6 Å². The number of carboxylic acid groups (broad SMARTS) is 1. The quantitative estimate of drug-likeness (QED) is 0.759. The Labute approximate surface area is 138 Å². The number of hydrogen-bond acceptors (Lipinski definition) is 4. The van der Waals surface area contributed by atoms with Crippen LogP contribution in [-0.2, 0) is 9.84 Å². The zero-order chi connectivity index (χ0) is 17.3. The molecule has 7 heteroatoms. The highest BCUT2D eigenvalue weighted by atomic mass is 32.2. The third kappa shape index (κ3) is 2.81. The van der Waals surface area contributed by atoms with Gasteiger partial charge in [0.25, 0.3) is 0 Å². The van der Waals surface area contributed by atoms with Gasteiger partial charge in [0.1, 0.15) is 0 Å². The lowest BCUT2D eigenvalue weighted by Gasteiger charge is -2.16. The van der Waals surface area contributed by atoms with Gasteiger partial charge in [-0.05, 0) is 23.8 Å². The van der Waals surface area contributed by atoms with Gasteiger partial charge in [0.05, 0.1) is 16.2 Å². The Morgan fingerprint density at radius 2 is 1.75 bits per heavy atom. The van der Waals surface area contributed by atoms with Gasteiger partial charge < -0.3 is 5.11 Å². The van der Waals surface area contributed by atoms with Gasteiger partial charge in [-0.15, -0.1) is 0 Å². The number of aromatic carboxylic acids is 1. The van der Waals surface area contributed by atoms with Crippen LogP contribution in [0.4, 0.5) is 0 Å². The highest BCUT2D eigenvalue weighted by Crippen LogP contribution is 2.38. The molecule has 0 aliphatic carbocycles. The molecule has 0 amide bonds. The second-order valence-electron chi connectivity index (χ2n) is 5.27. The summed E-state index contributed by atoms with van der Waals surface area (Å²) in [5.74, 6) is -1.14. The Balaban J connectivity index is 2.50. The first-order valence-electron chi connectivity index (χ1n) is 7.05. The minimum Gasteiger partial charge on any atom is -0.478 e. The van der Waals surface area contributed by atoms with E-state index >= 15 is 0 Å². The summed E-state index contributed by atoms with van der Waals surface area (Å²) in [6.07, 6.45) is 2.59. The minimum atomic E-state index is -3.56. The molecule has 0 fully saturated rings. The van der Waals surface area contributed by atoms with E-state index in [0.717, 1.165) is 6.26 Å². The molecule has 6 nitrogen and oxygen atoms in total. The smallest absolute Gasteiger partial charge is 0.336 e. The predicted molar refractivity (Wildman–Crippen MR) is 89.5 cm³/mol. The number of carboxylic acids is 1. The molecule has 3 rings (SSSR count). The molecule has 3 aromatic rings. The van der Waals surface area contributed by atoms with E-state index < -0.39 is 15.8 Å². The van der Waals surface area contributed by atoms with Crippen molar-refractivity contribution in [1.82, 2.24) is 10.2 Å². The van der Waals surface area contributed by atoms with E-state index in [-0.39, 0.29) is 10.5 Å². The third-order valence-corrected chi connectivity index (χ3v) is 4.77. The Kier molecular flexibility index (Phi) is 3.94. The number of aromatic amines is 1. The maximum Gasteiger partial charge on any atom is 0.336 e. The van der Waals surface area contributed by atoms with Crippen molar-refractivity contribution in [3.8, 4) is 22.4 Å². The molecule has 0 saturated carbocycles. The summed E-state index contributed by atoms with van der Waals surface area (Å²) in [5.41, 5.74) is 1.71. The van der Waals surface area contributed by atoms with E-state index in [1.54, 1.807) is 36.4 Å². The van der Waals surface area contributed by atoms with Crippen LogP contribution >= 0.6 is 0 Å². The number of benzene rings is 2. The molecular formula is C17H14N2O4S. The molecule has 0 aliphatic heterocycles. The van der Waals surface area contributed by atoms with Gasteiger partial charge in [0.15, 0.2) is 9.84 Å². The van der Waals surface area contributed by atoms with Gasteiger partial charge in [-0.3, -0.25) is 5.10 Å². The summed E-state index contributed by atoms with van der Waals surface area (Å²) in [6, 6.07) is 13.1. The molecule has 0 unspecified atom stereocenters. The average Bonchev–Trinajstić information content (AvgIpc) is 3.07. The first kappa shape index (κ1) is 15.9. The molecule has 0 radical (unpaired) electrons. The average molecular weight is 342 g/mol. The summed E-state index contributed by atoms with van der Waals surface area (Å²) < 4.78 is 24.5. The van der Waals surface area contributed by atoms with Gasteiger partial charge in [-0.2, -0.15) is 5.10 Å². The number of H-pyrrole nitrogens is 1. The van der Waals surface area contributed by atoms with E-state index in [4.69, 9.17) is 0 Å². The van der Waals surface area contributed by atoms with Gasteiger partial charge in [0.2, 0.25) is 0 Å². The number of aromatic nitrogens is 2. The molecule has 1 aromatic heterocycles. The maximum atomic E-state index is 12.3. The first-order chi connectivity index (χ1) is 11.4. The van der Waals surface area contributed by atoms with Crippen molar-refractivity contribution >= 4 is 15.8 Å². The Hall–Kier alpha value is -2.93. The van der Waals surface area contributed by atoms with Gasteiger partial charge in [-0.25, -0.2) is 13.2 Å². The lowest BCUT2D eigenvalue weighted by molar-refractivity contribution is 0.0697. The number of carbonyl (C=O) groups is 1. The fourth-order valence-electron chi connectivity index (χ4n) is 2.64. The lowest BCUT2D eigenvalue weighted by atomic mass is 9.93. The lowest BCUT2D eigenvalue weighted by Crippen LogP contribution is -2.07. The molecule has 0 atom stereocenters. The Morgan fingerprint density at radius 3 is 2.29 bits per heavy atom. The molecule has 0 bridgehead atoms. The van der Waals surface area contributed by atoms with E-state index in [1.165, 1.54) is 18.3 Å². The van der Waals surface area contributed by atoms with Crippen LogP contribution in [-0.4, -0.2) is 35.9 Å². The molecule has 1 heterocycles. The summed E-state index contributed by atoms with van der Waals surface area (Å²) in [4.78, 5) is 11.8. The van der Waals surface area contributed by atoms with Crippen LogP contribution in [0.25, 0.3) is 22.4 Å². The second kappa shape index (κ2) is 5.93. The molecule has 0 aliphatic rings. The molecule has 2 N–H and O–H groups in total. The van der Waals surface area contributed by atoms with Crippen molar-refractivity contribution in [3.63, 3.8) is 0 Å². The standard InChI is InChI=1S/C17H14N2O4S/c1-24(22,23)14-8-7-12(17(20)21)16(13-9-10-18-19-13)15(14)11-5-3-2-4-6-11/h2-10H,1H3,(H,18,19)(H,20,21). The van der Waals surface area contributed by atoms with Gasteiger partial charge in [0, 0.05) is 23.6 Å². The van der Waals surface area contributed by atoms with Crippen LogP contribution < -0.4 is 0 Å². The van der Waals surface area contributed by atoms with Crippen LogP contribution in [0.3, 0.4) is 0 Å². The van der Waals surface area contributed by atoms with E-state index in [2.05, 4.69) is 10.2 Å². The summed E-state index contributed by atoms with van der Waals surface area (Å²) >= 11 is 0. The molecule has 0 saturated heterocycles. The van der Waals surface area contributed by atoms with Crippen LogP contribution in [0, 0.1) is 0 Å². The van der Waals surface area contributed by atoms with Gasteiger partial charge >= 0.3 is 5.97 Å². The highest BCUT2D eigenvalue weighted by Gasteiger charge is 2.25. The molecule has 0 spiro atoms. The topological polar surface area (TPSA) is 100 Å². The first-order valence-corrected chi connectivity index (χ1v) is 8.94. The normalized spacial score (nSPS) is 11.4. The molecule has 24 heavy (non-hydrogen) atoms. The van der Waals surface area contributed by atoms with Crippen molar-refractivity contribution in [1.29, 1.82) is 0 Å². The number of rotatable bonds is 4. The van der Waals surface area contributed by atoms with Crippen LogP contribution in [0.5, 0.6) is 0 Å². The summed E-state index contributed by atoms with van der Waals surface area (Å²) in [5, 5.41) is 16.1. The fraction of sp³-hybridized carbons (Fsp3) is 0.0588. The minimum absolute atomic E-state index is 0.00510. The second-order valence-corrected chi connectivity index (χ2v) is 7.26. The number of nitrogens with one attached hydrogen (secondary N) is 1.